The van der Waals surface area contributed by atoms with E-state index in [1.54, 1.807) is 0 Å². The molecule has 0 amide bonds. The summed E-state index contributed by atoms with van der Waals surface area (Å²) in [6, 6.07) is 34.1. The quantitative estimate of drug-likeness (QED) is 0.123. The zero-order chi connectivity index (χ0) is 34.4. The van der Waals surface area contributed by atoms with Crippen molar-refractivity contribution in [2.45, 2.75) is 79.1 Å². The number of hydrogen-bond donors (Lipinski definition) is 0. The Labute approximate surface area is 312 Å². The van der Waals surface area contributed by atoms with Crippen LogP contribution in [0.25, 0.3) is 43.7 Å². The molecule has 4 nitrogen and oxygen atoms in total. The molecular formula is C45H47AuN3O-2. The maximum absolute atomic E-state index is 6.09. The standard InChI is InChI=1S/C27H37N2.C18H10NO.Au/c1-18(2)22-11-9-12-23(19(3)4)26(22)28-15-16-29(17-28)27-24(20(5)6)13-10-14-25(27)21(7)8;1-3-7-14-13(6-1)17-15(19-14)10-9-12-11-5-2-4-8-16(11)20-18(12)17;/h9-21H,1-8H3;1-10H;/q2*-1;. The number of furan rings is 1. The van der Waals surface area contributed by atoms with Crippen LogP contribution in [0.3, 0.4) is 0 Å². The van der Waals surface area contributed by atoms with Gasteiger partial charge in [0.25, 0.3) is 0 Å². The number of nitrogens with zero attached hydrogens (tertiary/aromatic N) is 3. The molecule has 8 rings (SSSR count). The summed E-state index contributed by atoms with van der Waals surface area (Å²) < 4.78 is 6.09. The van der Waals surface area contributed by atoms with E-state index in [9.17, 15) is 0 Å². The Morgan fingerprint density at radius 3 is 1.50 bits per heavy atom. The molecule has 5 heteroatoms. The number of fused-ring (bicyclic) bond motifs is 7. The van der Waals surface area contributed by atoms with E-state index < -0.39 is 0 Å². The molecule has 3 heterocycles. The average Bonchev–Trinajstić information content (AvgIpc) is 3.83. The molecule has 5 aromatic carbocycles. The summed E-state index contributed by atoms with van der Waals surface area (Å²) in [5.74, 6) is 1.92. The van der Waals surface area contributed by atoms with Gasteiger partial charge in [0.15, 0.2) is 0 Å². The number of rotatable bonds is 6. The molecule has 0 unspecified atom stereocenters. The van der Waals surface area contributed by atoms with Crippen LogP contribution in [0.2, 0.25) is 0 Å². The van der Waals surface area contributed by atoms with E-state index in [0.717, 1.165) is 43.7 Å². The molecule has 0 atom stereocenters. The molecule has 7 aromatic rings. The van der Waals surface area contributed by atoms with Crippen LogP contribution in [0.1, 0.15) is 101 Å². The second kappa shape index (κ2) is 14.6. The van der Waals surface area contributed by atoms with Gasteiger partial charge in [-0.3, -0.25) is 0 Å². The zero-order valence-corrected chi connectivity index (χ0v) is 32.5. The molecule has 0 spiro atoms. The SMILES string of the molecule is CC(C)c1cccc(C(C)C)c1N1C=CN(c2c(C(C)C)cccc2C(C)C)[CH-]1.[Au].c1ccc2c(c1)[n-]c1ccc3c4ccccc4oc3c12. The van der Waals surface area contributed by atoms with Crippen molar-refractivity contribution in [3.63, 3.8) is 0 Å². The minimum atomic E-state index is 0. The molecule has 0 N–H and O–H groups in total. The van der Waals surface area contributed by atoms with Gasteiger partial charge < -0.3 is 19.2 Å². The van der Waals surface area contributed by atoms with Crippen LogP contribution in [0.15, 0.2) is 114 Å². The van der Waals surface area contributed by atoms with E-state index in [1.165, 1.54) is 33.6 Å². The van der Waals surface area contributed by atoms with Crippen LogP contribution in [0, 0.1) is 6.67 Å². The fraction of sp³-hybridized carbons (Fsp3) is 0.267. The Morgan fingerprint density at radius 2 is 0.980 bits per heavy atom. The molecule has 0 bridgehead atoms. The fourth-order valence-corrected chi connectivity index (χ4v) is 7.28. The van der Waals surface area contributed by atoms with E-state index in [0.29, 0.717) is 23.7 Å². The van der Waals surface area contributed by atoms with Gasteiger partial charge in [-0.2, -0.15) is 0 Å². The molecule has 2 aromatic heterocycles. The molecule has 1 aliphatic rings. The van der Waals surface area contributed by atoms with Gasteiger partial charge in [0.1, 0.15) is 11.2 Å². The first-order valence-corrected chi connectivity index (χ1v) is 17.7. The molecule has 261 valence electrons. The van der Waals surface area contributed by atoms with Gasteiger partial charge in [-0.15, -0.1) is 17.7 Å². The van der Waals surface area contributed by atoms with Gasteiger partial charge in [-0.25, -0.2) is 0 Å². The van der Waals surface area contributed by atoms with Gasteiger partial charge in [0.05, 0.1) is 0 Å². The molecule has 0 saturated carbocycles. The third kappa shape index (κ3) is 6.41. The number of hydrogen-bond acceptors (Lipinski definition) is 3. The van der Waals surface area contributed by atoms with E-state index in [-0.39, 0.29) is 22.4 Å². The molecule has 1 aliphatic heterocycles. The second-order valence-corrected chi connectivity index (χ2v) is 14.5. The van der Waals surface area contributed by atoms with Gasteiger partial charge in [-0.1, -0.05) is 146 Å². The summed E-state index contributed by atoms with van der Waals surface area (Å²) in [7, 11) is 0. The summed E-state index contributed by atoms with van der Waals surface area (Å²) in [6.45, 7) is 20.5. The monoisotopic (exact) mass is 842 g/mol. The van der Waals surface area contributed by atoms with Gasteiger partial charge in [-0.05, 0) is 69.8 Å². The van der Waals surface area contributed by atoms with E-state index in [4.69, 9.17) is 4.42 Å². The Bertz CT molecular complexity index is 2180. The summed E-state index contributed by atoms with van der Waals surface area (Å²) >= 11 is 0. The Morgan fingerprint density at radius 1 is 0.500 bits per heavy atom. The zero-order valence-electron chi connectivity index (χ0n) is 30.3. The molecule has 0 aliphatic carbocycles. The third-order valence-corrected chi connectivity index (χ3v) is 9.78. The van der Waals surface area contributed by atoms with Gasteiger partial charge in [0, 0.05) is 49.9 Å². The van der Waals surface area contributed by atoms with Crippen LogP contribution in [0.4, 0.5) is 11.4 Å². The Hall–Kier alpha value is -4.22. The largest absolute Gasteiger partial charge is 0.657 e. The Balaban J connectivity index is 0.000000179. The van der Waals surface area contributed by atoms with Gasteiger partial charge >= 0.3 is 0 Å². The molecule has 0 saturated heterocycles. The van der Waals surface area contributed by atoms with Crippen molar-refractivity contribution in [1.82, 2.24) is 4.98 Å². The van der Waals surface area contributed by atoms with Crippen LogP contribution in [0.5, 0.6) is 0 Å². The first kappa shape index (κ1) is 35.6. The summed E-state index contributed by atoms with van der Waals surface area (Å²) in [6.07, 6.45) is 4.43. The minimum absolute atomic E-state index is 0. The van der Waals surface area contributed by atoms with Crippen molar-refractivity contribution >= 4 is 55.1 Å². The second-order valence-electron chi connectivity index (χ2n) is 14.5. The van der Waals surface area contributed by atoms with E-state index in [1.807, 2.05) is 36.4 Å². The number of aromatic nitrogens is 1. The molecule has 1 radical (unpaired) electrons. The van der Waals surface area contributed by atoms with Crippen molar-refractivity contribution in [3.8, 4) is 0 Å². The van der Waals surface area contributed by atoms with Crippen LogP contribution >= 0.6 is 0 Å². The Kier molecular flexibility index (Phi) is 10.4. The van der Waals surface area contributed by atoms with Crippen LogP contribution in [-0.4, -0.2) is 0 Å². The first-order valence-electron chi connectivity index (χ1n) is 17.7. The fourth-order valence-electron chi connectivity index (χ4n) is 7.28. The minimum Gasteiger partial charge on any atom is -0.657 e. The maximum atomic E-state index is 6.09. The molecule has 50 heavy (non-hydrogen) atoms. The first-order chi connectivity index (χ1) is 23.6. The topological polar surface area (TPSA) is 33.7 Å². The van der Waals surface area contributed by atoms with Crippen molar-refractivity contribution in [2.75, 3.05) is 9.80 Å². The van der Waals surface area contributed by atoms with Crippen molar-refractivity contribution in [2.24, 2.45) is 0 Å². The van der Waals surface area contributed by atoms with Crippen molar-refractivity contribution < 1.29 is 26.8 Å². The summed E-state index contributed by atoms with van der Waals surface area (Å²) in [4.78, 5) is 9.33. The van der Waals surface area contributed by atoms with E-state index >= 15 is 0 Å². The van der Waals surface area contributed by atoms with Crippen molar-refractivity contribution in [1.29, 1.82) is 0 Å². The number of anilines is 2. The maximum Gasteiger partial charge on any atom is 0.141 e. The summed E-state index contributed by atoms with van der Waals surface area (Å²) in [5, 5.41) is 4.60. The van der Waals surface area contributed by atoms with Crippen LogP contribution < -0.4 is 14.8 Å². The van der Waals surface area contributed by atoms with Crippen molar-refractivity contribution in [3.05, 3.63) is 138 Å². The average molecular weight is 843 g/mol. The smallest absolute Gasteiger partial charge is 0.141 e. The predicted octanol–water partition coefficient (Wildman–Crippen LogP) is 12.9. The molecular weight excluding hydrogens is 795 g/mol. The number of benzene rings is 5. The van der Waals surface area contributed by atoms with Crippen LogP contribution in [-0.2, 0) is 22.4 Å². The van der Waals surface area contributed by atoms with E-state index in [2.05, 4.69) is 150 Å². The normalized spacial score (nSPS) is 13.1. The molecule has 0 fully saturated rings. The number of para-hydroxylation sites is 4. The predicted molar refractivity (Wildman–Crippen MR) is 210 cm³/mol. The summed E-state index contributed by atoms with van der Waals surface area (Å²) in [5.41, 5.74) is 12.2. The van der Waals surface area contributed by atoms with Gasteiger partial charge in [0.2, 0.25) is 0 Å². The third-order valence-electron chi connectivity index (χ3n) is 9.78.